The number of carbonyl (C=O) groups excluding carboxylic acids is 1. The number of nitrogens with zero attached hydrogens (tertiary/aromatic N) is 1. The average Bonchev–Trinajstić information content (AvgIpc) is 2.53. The lowest BCUT2D eigenvalue weighted by molar-refractivity contribution is 0.0980. The number of hydrogen-bond donors (Lipinski definition) is 0. The Kier molecular flexibility index (Phi) is 3.65. The quantitative estimate of drug-likeness (QED) is 0.842. The molecule has 3 heteroatoms. The van der Waals surface area contributed by atoms with Crippen LogP contribution < -0.4 is 9.64 Å². The minimum absolute atomic E-state index is 0.0351. The van der Waals surface area contributed by atoms with Gasteiger partial charge in [-0.2, -0.15) is 0 Å². The molecule has 0 saturated carbocycles. The van der Waals surface area contributed by atoms with Gasteiger partial charge in [-0.15, -0.1) is 0 Å². The van der Waals surface area contributed by atoms with E-state index in [-0.39, 0.29) is 5.91 Å². The predicted octanol–water partition coefficient (Wildman–Crippen LogP) is 3.53. The van der Waals surface area contributed by atoms with Crippen LogP contribution in [0.15, 0.2) is 48.5 Å². The molecule has 1 atom stereocenters. The van der Waals surface area contributed by atoms with Crippen molar-refractivity contribution in [1.29, 1.82) is 0 Å². The van der Waals surface area contributed by atoms with Crippen molar-refractivity contribution in [1.82, 2.24) is 0 Å². The summed E-state index contributed by atoms with van der Waals surface area (Å²) in [5.74, 6) is 1.21. The summed E-state index contributed by atoms with van der Waals surface area (Å²) in [5.41, 5.74) is 2.94. The van der Waals surface area contributed by atoms with Gasteiger partial charge in [-0.25, -0.2) is 0 Å². The molecule has 1 aliphatic rings. The van der Waals surface area contributed by atoms with Crippen molar-refractivity contribution < 1.29 is 9.53 Å². The van der Waals surface area contributed by atoms with Crippen molar-refractivity contribution in [2.75, 3.05) is 18.6 Å². The fourth-order valence-corrected chi connectivity index (χ4v) is 2.90. The Hall–Kier alpha value is -2.29. The molecule has 0 radical (unpaired) electrons. The van der Waals surface area contributed by atoms with E-state index in [1.165, 1.54) is 5.56 Å². The van der Waals surface area contributed by atoms with E-state index >= 15 is 0 Å². The Morgan fingerprint density at radius 1 is 1.19 bits per heavy atom. The SMILES string of the molecule is COc1cccc(C(=O)N2CC(C)Cc3ccccc32)c1. The monoisotopic (exact) mass is 281 g/mol. The second-order valence-corrected chi connectivity index (χ2v) is 5.59. The Morgan fingerprint density at radius 2 is 2.00 bits per heavy atom. The average molecular weight is 281 g/mol. The molecule has 0 fully saturated rings. The maximum atomic E-state index is 12.8. The third-order valence-electron chi connectivity index (χ3n) is 3.91. The molecule has 0 aliphatic carbocycles. The first kappa shape index (κ1) is 13.7. The number of amides is 1. The second-order valence-electron chi connectivity index (χ2n) is 5.59. The summed E-state index contributed by atoms with van der Waals surface area (Å²) in [7, 11) is 1.61. The molecule has 3 nitrogen and oxygen atoms in total. The fourth-order valence-electron chi connectivity index (χ4n) is 2.90. The molecule has 3 rings (SSSR count). The van der Waals surface area contributed by atoms with Crippen molar-refractivity contribution in [2.45, 2.75) is 13.3 Å². The molecule has 0 N–H and O–H groups in total. The predicted molar refractivity (Wildman–Crippen MR) is 84.0 cm³/mol. The number of anilines is 1. The van der Waals surface area contributed by atoms with E-state index < -0.39 is 0 Å². The number of fused-ring (bicyclic) bond motifs is 1. The van der Waals surface area contributed by atoms with Gasteiger partial charge in [-0.1, -0.05) is 31.2 Å². The number of benzene rings is 2. The summed E-state index contributed by atoms with van der Waals surface area (Å²) in [4.78, 5) is 14.7. The van der Waals surface area contributed by atoms with Gasteiger partial charge in [0.25, 0.3) is 5.91 Å². The Labute approximate surface area is 125 Å². The fraction of sp³-hybridized carbons (Fsp3) is 0.278. The van der Waals surface area contributed by atoms with Crippen LogP contribution in [0.3, 0.4) is 0 Å². The number of ether oxygens (including phenoxy) is 1. The van der Waals surface area contributed by atoms with E-state index in [2.05, 4.69) is 13.0 Å². The van der Waals surface area contributed by atoms with Gasteiger partial charge in [-0.05, 0) is 42.2 Å². The molecule has 1 aliphatic heterocycles. The first-order valence-electron chi connectivity index (χ1n) is 7.23. The van der Waals surface area contributed by atoms with Crippen LogP contribution in [0, 0.1) is 5.92 Å². The van der Waals surface area contributed by atoms with Crippen molar-refractivity contribution in [3.05, 3.63) is 59.7 Å². The van der Waals surface area contributed by atoms with Crippen LogP contribution in [-0.2, 0) is 6.42 Å². The number of hydrogen-bond acceptors (Lipinski definition) is 2. The molecule has 1 heterocycles. The summed E-state index contributed by atoms with van der Waals surface area (Å²) in [6, 6.07) is 15.5. The van der Waals surface area contributed by atoms with E-state index in [1.54, 1.807) is 13.2 Å². The first-order valence-corrected chi connectivity index (χ1v) is 7.23. The van der Waals surface area contributed by atoms with E-state index in [0.29, 0.717) is 17.2 Å². The highest BCUT2D eigenvalue weighted by molar-refractivity contribution is 6.07. The van der Waals surface area contributed by atoms with Crippen LogP contribution in [0.5, 0.6) is 5.75 Å². The van der Waals surface area contributed by atoms with Gasteiger partial charge in [0.2, 0.25) is 0 Å². The highest BCUT2D eigenvalue weighted by Crippen LogP contribution is 2.30. The third-order valence-corrected chi connectivity index (χ3v) is 3.91. The lowest BCUT2D eigenvalue weighted by atomic mass is 9.93. The van der Waals surface area contributed by atoms with Gasteiger partial charge in [0.05, 0.1) is 7.11 Å². The summed E-state index contributed by atoms with van der Waals surface area (Å²) in [5, 5.41) is 0. The second kappa shape index (κ2) is 5.60. The van der Waals surface area contributed by atoms with Crippen molar-refractivity contribution in [2.24, 2.45) is 5.92 Å². The topological polar surface area (TPSA) is 29.5 Å². The van der Waals surface area contributed by atoms with E-state index in [9.17, 15) is 4.79 Å². The van der Waals surface area contributed by atoms with Crippen molar-refractivity contribution in [3.63, 3.8) is 0 Å². The molecule has 2 aromatic carbocycles. The summed E-state index contributed by atoms with van der Waals surface area (Å²) >= 11 is 0. The number of para-hydroxylation sites is 1. The highest BCUT2D eigenvalue weighted by atomic mass is 16.5. The smallest absolute Gasteiger partial charge is 0.258 e. The number of methoxy groups -OCH3 is 1. The summed E-state index contributed by atoms with van der Waals surface area (Å²) < 4.78 is 5.21. The Balaban J connectivity index is 1.97. The van der Waals surface area contributed by atoms with Crippen molar-refractivity contribution >= 4 is 11.6 Å². The lowest BCUT2D eigenvalue weighted by Crippen LogP contribution is -2.39. The van der Waals surface area contributed by atoms with Crippen molar-refractivity contribution in [3.8, 4) is 5.75 Å². The van der Waals surface area contributed by atoms with Crippen LogP contribution in [0.4, 0.5) is 5.69 Å². The number of rotatable bonds is 2. The molecule has 0 bridgehead atoms. The molecule has 21 heavy (non-hydrogen) atoms. The maximum absolute atomic E-state index is 12.8. The van der Waals surface area contributed by atoms with Gasteiger partial charge >= 0.3 is 0 Å². The van der Waals surface area contributed by atoms with Crippen LogP contribution in [0.25, 0.3) is 0 Å². The van der Waals surface area contributed by atoms with E-state index in [0.717, 1.165) is 18.7 Å². The van der Waals surface area contributed by atoms with Crippen LogP contribution in [-0.4, -0.2) is 19.6 Å². The van der Waals surface area contributed by atoms with Gasteiger partial charge in [-0.3, -0.25) is 4.79 Å². The first-order chi connectivity index (χ1) is 10.2. The van der Waals surface area contributed by atoms with Gasteiger partial charge in [0.15, 0.2) is 0 Å². The minimum atomic E-state index is 0.0351. The molecule has 108 valence electrons. The summed E-state index contributed by atoms with van der Waals surface area (Å²) in [6.45, 7) is 2.94. The summed E-state index contributed by atoms with van der Waals surface area (Å²) in [6.07, 6.45) is 1.03. The normalized spacial score (nSPS) is 17.2. The Bertz CT molecular complexity index is 666. The van der Waals surface area contributed by atoms with Gasteiger partial charge in [0.1, 0.15) is 5.75 Å². The zero-order valence-corrected chi connectivity index (χ0v) is 12.4. The molecule has 0 saturated heterocycles. The standard InChI is InChI=1S/C18H19NO2/c1-13-10-14-6-3-4-9-17(14)19(12-13)18(20)15-7-5-8-16(11-15)21-2/h3-9,11,13H,10,12H2,1-2H3. The Morgan fingerprint density at radius 3 is 2.81 bits per heavy atom. The molecular formula is C18H19NO2. The molecular weight excluding hydrogens is 262 g/mol. The van der Waals surface area contributed by atoms with E-state index in [1.807, 2.05) is 41.3 Å². The molecule has 0 spiro atoms. The van der Waals surface area contributed by atoms with E-state index in [4.69, 9.17) is 4.74 Å². The minimum Gasteiger partial charge on any atom is -0.497 e. The lowest BCUT2D eigenvalue weighted by Gasteiger charge is -2.33. The molecule has 1 amide bonds. The third kappa shape index (κ3) is 2.64. The maximum Gasteiger partial charge on any atom is 0.258 e. The number of carbonyl (C=O) groups is 1. The largest absolute Gasteiger partial charge is 0.497 e. The molecule has 1 unspecified atom stereocenters. The molecule has 0 aromatic heterocycles. The van der Waals surface area contributed by atoms with Gasteiger partial charge < -0.3 is 9.64 Å². The van der Waals surface area contributed by atoms with Crippen LogP contribution in [0.1, 0.15) is 22.8 Å². The van der Waals surface area contributed by atoms with Gasteiger partial charge in [0, 0.05) is 17.8 Å². The zero-order chi connectivity index (χ0) is 14.8. The molecule has 2 aromatic rings. The van der Waals surface area contributed by atoms with Crippen LogP contribution in [0.2, 0.25) is 0 Å². The van der Waals surface area contributed by atoms with Crippen LogP contribution >= 0.6 is 0 Å². The highest BCUT2D eigenvalue weighted by Gasteiger charge is 2.26. The zero-order valence-electron chi connectivity index (χ0n) is 12.4.